The molecule has 3 aromatic rings. The lowest BCUT2D eigenvalue weighted by molar-refractivity contribution is -0.118. The molecule has 0 aliphatic heterocycles. The number of nitrogens with one attached hydrogen (secondary N) is 1. The van der Waals surface area contributed by atoms with Crippen LogP contribution in [0.25, 0.3) is 11.0 Å². The Hall–Kier alpha value is -3.15. The minimum Gasteiger partial charge on any atom is -0.484 e. The van der Waals surface area contributed by atoms with Gasteiger partial charge in [0.15, 0.2) is 6.61 Å². The number of pyridine rings is 1. The highest BCUT2D eigenvalue weighted by atomic mass is 16.5. The Balaban J connectivity index is 1.67. The van der Waals surface area contributed by atoms with Gasteiger partial charge in [-0.25, -0.2) is 9.78 Å². The van der Waals surface area contributed by atoms with Crippen LogP contribution in [-0.2, 0) is 4.79 Å². The zero-order valence-corrected chi connectivity index (χ0v) is 13.3. The summed E-state index contributed by atoms with van der Waals surface area (Å²) in [5.41, 5.74) is 1.85. The van der Waals surface area contributed by atoms with E-state index in [-0.39, 0.29) is 12.5 Å². The molecule has 0 saturated carbocycles. The number of carbonyl (C=O) groups excluding carboxylic acids is 1. The highest BCUT2D eigenvalue weighted by Gasteiger charge is 2.07. The fourth-order valence-corrected chi connectivity index (χ4v) is 2.26. The summed E-state index contributed by atoms with van der Waals surface area (Å²) in [5.74, 6) is 0.592. The van der Waals surface area contributed by atoms with E-state index in [4.69, 9.17) is 9.15 Å². The highest BCUT2D eigenvalue weighted by molar-refractivity contribution is 5.91. The van der Waals surface area contributed by atoms with Crippen molar-refractivity contribution in [2.75, 3.05) is 11.9 Å². The zero-order valence-electron chi connectivity index (χ0n) is 13.3. The van der Waals surface area contributed by atoms with Gasteiger partial charge < -0.3 is 14.5 Å². The first-order chi connectivity index (χ1) is 11.5. The molecule has 0 spiro atoms. The van der Waals surface area contributed by atoms with Crippen molar-refractivity contribution in [3.8, 4) is 5.75 Å². The predicted molar refractivity (Wildman–Crippen MR) is 90.3 cm³/mol. The smallest absolute Gasteiger partial charge is 0.336 e. The number of aromatic nitrogens is 1. The van der Waals surface area contributed by atoms with Gasteiger partial charge in [-0.05, 0) is 43.2 Å². The molecule has 24 heavy (non-hydrogen) atoms. The lowest BCUT2D eigenvalue weighted by atomic mass is 10.1. The maximum absolute atomic E-state index is 11.9. The summed E-state index contributed by atoms with van der Waals surface area (Å²) >= 11 is 0. The predicted octanol–water partition coefficient (Wildman–Crippen LogP) is 2.82. The lowest BCUT2D eigenvalue weighted by Gasteiger charge is -2.08. The van der Waals surface area contributed by atoms with Crippen LogP contribution in [-0.4, -0.2) is 17.5 Å². The van der Waals surface area contributed by atoms with Crippen LogP contribution in [0, 0.1) is 13.8 Å². The molecule has 1 aromatic carbocycles. The van der Waals surface area contributed by atoms with Crippen molar-refractivity contribution in [1.82, 2.24) is 4.98 Å². The molecule has 0 unspecified atom stereocenters. The number of carbonyl (C=O) groups is 1. The first-order valence-electron chi connectivity index (χ1n) is 7.41. The second-order valence-corrected chi connectivity index (χ2v) is 5.46. The van der Waals surface area contributed by atoms with Gasteiger partial charge in [-0.3, -0.25) is 4.79 Å². The minimum absolute atomic E-state index is 0.170. The van der Waals surface area contributed by atoms with Crippen LogP contribution in [0.5, 0.6) is 5.75 Å². The van der Waals surface area contributed by atoms with E-state index in [1.807, 2.05) is 19.9 Å². The number of ether oxygens (including phenoxy) is 1. The minimum atomic E-state index is -0.416. The molecule has 0 fully saturated rings. The molecule has 0 radical (unpaired) electrons. The average molecular weight is 324 g/mol. The molecule has 0 saturated heterocycles. The molecule has 3 rings (SSSR count). The van der Waals surface area contributed by atoms with Crippen LogP contribution in [0.15, 0.2) is 51.8 Å². The lowest BCUT2D eigenvalue weighted by Crippen LogP contribution is -2.20. The van der Waals surface area contributed by atoms with Gasteiger partial charge in [0.2, 0.25) is 0 Å². The van der Waals surface area contributed by atoms with Gasteiger partial charge in [0, 0.05) is 23.7 Å². The summed E-state index contributed by atoms with van der Waals surface area (Å²) in [6, 6.07) is 10.1. The monoisotopic (exact) mass is 324 g/mol. The van der Waals surface area contributed by atoms with Crippen molar-refractivity contribution < 1.29 is 13.9 Å². The zero-order chi connectivity index (χ0) is 17.1. The fourth-order valence-electron chi connectivity index (χ4n) is 2.26. The van der Waals surface area contributed by atoms with E-state index in [2.05, 4.69) is 10.3 Å². The van der Waals surface area contributed by atoms with Crippen molar-refractivity contribution in [3.63, 3.8) is 0 Å². The Morgan fingerprint density at radius 2 is 2.04 bits per heavy atom. The van der Waals surface area contributed by atoms with E-state index >= 15 is 0 Å². The molecular formula is C18H16N2O4. The Morgan fingerprint density at radius 1 is 1.21 bits per heavy atom. The van der Waals surface area contributed by atoms with Crippen LogP contribution in [0.2, 0.25) is 0 Å². The van der Waals surface area contributed by atoms with Crippen molar-refractivity contribution in [1.29, 1.82) is 0 Å². The molecule has 0 bridgehead atoms. The van der Waals surface area contributed by atoms with Crippen molar-refractivity contribution in [2.45, 2.75) is 13.8 Å². The third kappa shape index (κ3) is 3.60. The van der Waals surface area contributed by atoms with Crippen molar-refractivity contribution in [2.24, 2.45) is 0 Å². The molecule has 122 valence electrons. The Bertz CT molecular complexity index is 945. The van der Waals surface area contributed by atoms with Crippen molar-refractivity contribution >= 4 is 22.7 Å². The number of benzene rings is 1. The van der Waals surface area contributed by atoms with E-state index in [1.54, 1.807) is 30.5 Å². The molecular weight excluding hydrogens is 308 g/mol. The van der Waals surface area contributed by atoms with E-state index in [1.165, 1.54) is 6.07 Å². The standard InChI is InChI=1S/C18H16N2O4/c1-11-3-6-16(19-9-11)20-17(21)10-23-13-4-5-14-12(2)7-18(22)24-15(14)8-13/h3-9H,10H2,1-2H3,(H,19,20,21). The van der Waals surface area contributed by atoms with E-state index in [0.29, 0.717) is 17.2 Å². The second-order valence-electron chi connectivity index (χ2n) is 5.46. The number of rotatable bonds is 4. The Labute approximate surface area is 138 Å². The number of fused-ring (bicyclic) bond motifs is 1. The van der Waals surface area contributed by atoms with Gasteiger partial charge in [-0.15, -0.1) is 0 Å². The van der Waals surface area contributed by atoms with Gasteiger partial charge >= 0.3 is 5.63 Å². The molecule has 2 heterocycles. The number of aryl methyl sites for hydroxylation is 2. The Morgan fingerprint density at radius 3 is 2.79 bits per heavy atom. The summed E-state index contributed by atoms with van der Waals surface area (Å²) in [7, 11) is 0. The molecule has 0 aliphatic carbocycles. The highest BCUT2D eigenvalue weighted by Crippen LogP contribution is 2.22. The number of hydrogen-bond acceptors (Lipinski definition) is 5. The van der Waals surface area contributed by atoms with Gasteiger partial charge in [0.25, 0.3) is 5.91 Å². The summed E-state index contributed by atoms with van der Waals surface area (Å²) < 4.78 is 10.6. The first-order valence-corrected chi connectivity index (χ1v) is 7.41. The van der Waals surface area contributed by atoms with Crippen LogP contribution < -0.4 is 15.7 Å². The van der Waals surface area contributed by atoms with E-state index < -0.39 is 5.63 Å². The van der Waals surface area contributed by atoms with Crippen LogP contribution in [0.1, 0.15) is 11.1 Å². The third-order valence-corrected chi connectivity index (χ3v) is 3.47. The summed E-state index contributed by atoms with van der Waals surface area (Å²) in [6.07, 6.45) is 1.67. The average Bonchev–Trinajstić information content (AvgIpc) is 2.54. The number of anilines is 1. The quantitative estimate of drug-likeness (QED) is 0.746. The van der Waals surface area contributed by atoms with Crippen LogP contribution in [0.3, 0.4) is 0 Å². The maximum atomic E-state index is 11.9. The second kappa shape index (κ2) is 6.54. The van der Waals surface area contributed by atoms with Gasteiger partial charge in [-0.1, -0.05) is 6.07 Å². The van der Waals surface area contributed by atoms with Crippen molar-refractivity contribution in [3.05, 3.63) is 64.1 Å². The van der Waals surface area contributed by atoms with Crippen LogP contribution in [0.4, 0.5) is 5.82 Å². The molecule has 1 N–H and O–H groups in total. The fraction of sp³-hybridized carbons (Fsp3) is 0.167. The number of hydrogen-bond donors (Lipinski definition) is 1. The summed E-state index contributed by atoms with van der Waals surface area (Å²) in [5, 5.41) is 3.48. The molecule has 1 amide bonds. The molecule has 6 heteroatoms. The van der Waals surface area contributed by atoms with Gasteiger partial charge in [0.1, 0.15) is 17.2 Å². The number of amides is 1. The molecule has 6 nitrogen and oxygen atoms in total. The molecule has 0 atom stereocenters. The van der Waals surface area contributed by atoms with Crippen LogP contribution >= 0.6 is 0 Å². The molecule has 0 aliphatic rings. The topological polar surface area (TPSA) is 81.4 Å². The molecule has 2 aromatic heterocycles. The largest absolute Gasteiger partial charge is 0.484 e. The summed E-state index contributed by atoms with van der Waals surface area (Å²) in [4.78, 5) is 27.4. The first kappa shape index (κ1) is 15.7. The van der Waals surface area contributed by atoms with E-state index in [0.717, 1.165) is 16.5 Å². The Kier molecular flexibility index (Phi) is 4.29. The normalized spacial score (nSPS) is 10.6. The number of nitrogens with zero attached hydrogens (tertiary/aromatic N) is 1. The SMILES string of the molecule is Cc1ccc(NC(=O)COc2ccc3c(C)cc(=O)oc3c2)nc1. The van der Waals surface area contributed by atoms with Gasteiger partial charge in [-0.2, -0.15) is 0 Å². The maximum Gasteiger partial charge on any atom is 0.336 e. The summed E-state index contributed by atoms with van der Waals surface area (Å²) in [6.45, 7) is 3.58. The van der Waals surface area contributed by atoms with E-state index in [9.17, 15) is 9.59 Å². The van der Waals surface area contributed by atoms with Gasteiger partial charge in [0.05, 0.1) is 0 Å². The third-order valence-electron chi connectivity index (χ3n) is 3.47.